The maximum absolute atomic E-state index is 12.4. The summed E-state index contributed by atoms with van der Waals surface area (Å²) < 4.78 is 0. The Morgan fingerprint density at radius 1 is 0.893 bits per heavy atom. The Bertz CT molecular complexity index is 788. The highest BCUT2D eigenvalue weighted by Crippen LogP contribution is 2.12. The standard InChI is InChI=1S/C18H21N3O.C2H2O4/c1-15-2-4-16(5-3-15)14-20-10-12-21(13-11-20)18(22)17-6-8-19-9-7-17;3-1(4)2(5)6/h2-9H,10-14H2,1H3;(H,3,4)(H,5,6). The van der Waals surface area contributed by atoms with E-state index in [1.165, 1.54) is 11.1 Å². The molecule has 2 heterocycles. The summed E-state index contributed by atoms with van der Waals surface area (Å²) in [7, 11) is 0. The molecule has 0 aliphatic carbocycles. The topological polar surface area (TPSA) is 111 Å². The van der Waals surface area contributed by atoms with E-state index in [0.717, 1.165) is 38.3 Å². The van der Waals surface area contributed by atoms with Crippen molar-refractivity contribution in [1.82, 2.24) is 14.8 Å². The van der Waals surface area contributed by atoms with Crippen molar-refractivity contribution in [3.63, 3.8) is 0 Å². The summed E-state index contributed by atoms with van der Waals surface area (Å²) >= 11 is 0. The molecule has 1 aromatic heterocycles. The van der Waals surface area contributed by atoms with Gasteiger partial charge in [-0.25, -0.2) is 9.59 Å². The van der Waals surface area contributed by atoms with Crippen LogP contribution in [-0.2, 0) is 16.1 Å². The van der Waals surface area contributed by atoms with Crippen LogP contribution in [0.15, 0.2) is 48.8 Å². The van der Waals surface area contributed by atoms with E-state index in [2.05, 4.69) is 41.1 Å². The molecule has 0 radical (unpaired) electrons. The molecule has 0 atom stereocenters. The van der Waals surface area contributed by atoms with Gasteiger partial charge in [-0.05, 0) is 24.6 Å². The van der Waals surface area contributed by atoms with Crippen LogP contribution in [-0.4, -0.2) is 69.0 Å². The third-order valence-electron chi connectivity index (χ3n) is 4.30. The van der Waals surface area contributed by atoms with Crippen LogP contribution in [0.3, 0.4) is 0 Å². The zero-order chi connectivity index (χ0) is 20.5. The summed E-state index contributed by atoms with van der Waals surface area (Å²) in [6.45, 7) is 6.47. The average Bonchev–Trinajstić information content (AvgIpc) is 2.71. The lowest BCUT2D eigenvalue weighted by Crippen LogP contribution is -2.48. The van der Waals surface area contributed by atoms with Crippen molar-refractivity contribution in [3.05, 3.63) is 65.5 Å². The minimum absolute atomic E-state index is 0.109. The molecule has 0 spiro atoms. The minimum atomic E-state index is -1.82. The van der Waals surface area contributed by atoms with Gasteiger partial charge in [-0.1, -0.05) is 29.8 Å². The van der Waals surface area contributed by atoms with Gasteiger partial charge in [-0.2, -0.15) is 0 Å². The fourth-order valence-electron chi connectivity index (χ4n) is 2.74. The second-order valence-electron chi connectivity index (χ2n) is 6.40. The lowest BCUT2D eigenvalue weighted by molar-refractivity contribution is -0.159. The van der Waals surface area contributed by atoms with Crippen LogP contribution in [0, 0.1) is 6.92 Å². The SMILES string of the molecule is Cc1ccc(CN2CCN(C(=O)c3ccncc3)CC2)cc1.O=C(O)C(=O)O. The molecule has 0 saturated carbocycles. The lowest BCUT2D eigenvalue weighted by Gasteiger charge is -2.34. The first-order chi connectivity index (χ1) is 13.4. The number of aryl methyl sites for hydroxylation is 1. The number of carboxylic acid groups (broad SMARTS) is 2. The summed E-state index contributed by atoms with van der Waals surface area (Å²) in [6, 6.07) is 12.2. The summed E-state index contributed by atoms with van der Waals surface area (Å²) in [6.07, 6.45) is 3.34. The van der Waals surface area contributed by atoms with Gasteiger partial charge in [0.25, 0.3) is 5.91 Å². The Kier molecular flexibility index (Phi) is 7.65. The molecule has 28 heavy (non-hydrogen) atoms. The van der Waals surface area contributed by atoms with Gasteiger partial charge in [0.05, 0.1) is 0 Å². The fourth-order valence-corrected chi connectivity index (χ4v) is 2.74. The van der Waals surface area contributed by atoms with Crippen molar-refractivity contribution in [2.45, 2.75) is 13.5 Å². The van der Waals surface area contributed by atoms with Crippen LogP contribution in [0.5, 0.6) is 0 Å². The lowest BCUT2D eigenvalue weighted by atomic mass is 10.1. The van der Waals surface area contributed by atoms with Crippen LogP contribution in [0.25, 0.3) is 0 Å². The first-order valence-corrected chi connectivity index (χ1v) is 8.80. The van der Waals surface area contributed by atoms with Crippen molar-refractivity contribution >= 4 is 17.8 Å². The quantitative estimate of drug-likeness (QED) is 0.770. The molecule has 148 valence electrons. The number of carbonyl (C=O) groups excluding carboxylic acids is 1. The highest BCUT2D eigenvalue weighted by molar-refractivity contribution is 6.27. The highest BCUT2D eigenvalue weighted by atomic mass is 16.4. The predicted molar refractivity (Wildman–Crippen MR) is 102 cm³/mol. The highest BCUT2D eigenvalue weighted by Gasteiger charge is 2.21. The van der Waals surface area contributed by atoms with Gasteiger partial charge in [-0.15, -0.1) is 0 Å². The first-order valence-electron chi connectivity index (χ1n) is 8.80. The van der Waals surface area contributed by atoms with Crippen LogP contribution >= 0.6 is 0 Å². The van der Waals surface area contributed by atoms with E-state index in [1.807, 2.05) is 4.90 Å². The average molecular weight is 385 g/mol. The molecule has 1 amide bonds. The van der Waals surface area contributed by atoms with E-state index >= 15 is 0 Å². The molecule has 1 aliphatic heterocycles. The smallest absolute Gasteiger partial charge is 0.414 e. The number of carbonyl (C=O) groups is 3. The first kappa shape index (κ1) is 21.0. The molecule has 1 aromatic carbocycles. The molecule has 1 aliphatic rings. The van der Waals surface area contributed by atoms with Crippen LogP contribution < -0.4 is 0 Å². The molecule has 3 rings (SSSR count). The van der Waals surface area contributed by atoms with E-state index in [0.29, 0.717) is 0 Å². The molecule has 2 N–H and O–H groups in total. The van der Waals surface area contributed by atoms with Gasteiger partial charge in [0.1, 0.15) is 0 Å². The van der Waals surface area contributed by atoms with Crippen molar-refractivity contribution in [1.29, 1.82) is 0 Å². The predicted octanol–water partition coefficient (Wildman–Crippen LogP) is 1.50. The van der Waals surface area contributed by atoms with Crippen molar-refractivity contribution < 1.29 is 24.6 Å². The van der Waals surface area contributed by atoms with E-state index in [4.69, 9.17) is 19.8 Å². The molecule has 1 saturated heterocycles. The van der Waals surface area contributed by atoms with Crippen molar-refractivity contribution in [2.24, 2.45) is 0 Å². The number of piperazine rings is 1. The third-order valence-corrected chi connectivity index (χ3v) is 4.30. The molecule has 2 aromatic rings. The van der Waals surface area contributed by atoms with Gasteiger partial charge >= 0.3 is 11.9 Å². The fraction of sp³-hybridized carbons (Fsp3) is 0.300. The van der Waals surface area contributed by atoms with Gasteiger partial charge in [0.2, 0.25) is 0 Å². The number of rotatable bonds is 3. The summed E-state index contributed by atoms with van der Waals surface area (Å²) in [5, 5.41) is 14.8. The van der Waals surface area contributed by atoms with Crippen molar-refractivity contribution in [3.8, 4) is 0 Å². The van der Waals surface area contributed by atoms with E-state index in [9.17, 15) is 4.79 Å². The molecule has 8 nitrogen and oxygen atoms in total. The van der Waals surface area contributed by atoms with Gasteiger partial charge in [-0.3, -0.25) is 14.7 Å². The number of amides is 1. The number of carboxylic acids is 2. The molecular formula is C20H23N3O5. The molecule has 1 fully saturated rings. The number of pyridine rings is 1. The largest absolute Gasteiger partial charge is 0.473 e. The van der Waals surface area contributed by atoms with Crippen LogP contribution in [0.2, 0.25) is 0 Å². The Morgan fingerprint density at radius 2 is 1.43 bits per heavy atom. The number of hydrogen-bond acceptors (Lipinski definition) is 5. The number of benzene rings is 1. The second-order valence-corrected chi connectivity index (χ2v) is 6.40. The zero-order valence-corrected chi connectivity index (χ0v) is 15.6. The number of aliphatic carboxylic acids is 2. The maximum Gasteiger partial charge on any atom is 0.414 e. The van der Waals surface area contributed by atoms with E-state index in [1.54, 1.807) is 24.5 Å². The Balaban J connectivity index is 0.000000409. The number of hydrogen-bond donors (Lipinski definition) is 2. The Hall–Kier alpha value is -3.26. The van der Waals surface area contributed by atoms with E-state index < -0.39 is 11.9 Å². The van der Waals surface area contributed by atoms with Crippen LogP contribution in [0.4, 0.5) is 0 Å². The monoisotopic (exact) mass is 385 g/mol. The summed E-state index contributed by atoms with van der Waals surface area (Å²) in [5.41, 5.74) is 3.35. The maximum atomic E-state index is 12.4. The van der Waals surface area contributed by atoms with E-state index in [-0.39, 0.29) is 5.91 Å². The minimum Gasteiger partial charge on any atom is -0.473 e. The molecule has 0 unspecified atom stereocenters. The normalized spacial score (nSPS) is 14.0. The molecular weight excluding hydrogens is 362 g/mol. The number of nitrogens with zero attached hydrogens (tertiary/aromatic N) is 3. The summed E-state index contributed by atoms with van der Waals surface area (Å²) in [4.78, 5) is 38.9. The Morgan fingerprint density at radius 3 is 1.93 bits per heavy atom. The molecule has 0 bridgehead atoms. The number of aromatic nitrogens is 1. The third kappa shape index (κ3) is 6.48. The van der Waals surface area contributed by atoms with Crippen LogP contribution in [0.1, 0.15) is 21.5 Å². The van der Waals surface area contributed by atoms with Crippen molar-refractivity contribution in [2.75, 3.05) is 26.2 Å². The van der Waals surface area contributed by atoms with Gasteiger partial charge in [0.15, 0.2) is 0 Å². The molecule has 8 heteroatoms. The van der Waals surface area contributed by atoms with Gasteiger partial charge in [0, 0.05) is 50.7 Å². The Labute approximate surface area is 163 Å². The van der Waals surface area contributed by atoms with Gasteiger partial charge < -0.3 is 15.1 Å². The zero-order valence-electron chi connectivity index (χ0n) is 15.6. The second kappa shape index (κ2) is 10.2. The summed E-state index contributed by atoms with van der Waals surface area (Å²) in [5.74, 6) is -3.54.